The first-order chi connectivity index (χ1) is 9.01. The number of hydrogen-bond acceptors (Lipinski definition) is 1. The average molecular weight is 257 g/mol. The Morgan fingerprint density at radius 2 is 2.00 bits per heavy atom. The molecule has 1 aromatic carbocycles. The fourth-order valence-corrected chi connectivity index (χ4v) is 3.83. The van der Waals surface area contributed by atoms with E-state index >= 15 is 0 Å². The van der Waals surface area contributed by atoms with E-state index in [2.05, 4.69) is 50.4 Å². The number of hydrogen-bond donors (Lipinski definition) is 1. The van der Waals surface area contributed by atoms with Crippen molar-refractivity contribution in [3.63, 3.8) is 0 Å². The maximum atomic E-state index is 3.71. The molecule has 2 aliphatic carbocycles. The second kappa shape index (κ2) is 4.63. The number of rotatable bonds is 2. The van der Waals surface area contributed by atoms with E-state index in [4.69, 9.17) is 0 Å². The fraction of sp³-hybridized carbons (Fsp3) is 0.667. The van der Waals surface area contributed by atoms with Crippen LogP contribution in [0.1, 0.15) is 57.6 Å². The monoisotopic (exact) mass is 257 g/mol. The molecule has 1 heteroatoms. The highest BCUT2D eigenvalue weighted by molar-refractivity contribution is 5.41. The molecule has 104 valence electrons. The van der Waals surface area contributed by atoms with Crippen LogP contribution in [0.25, 0.3) is 0 Å². The van der Waals surface area contributed by atoms with Gasteiger partial charge in [0.2, 0.25) is 0 Å². The molecule has 0 bridgehead atoms. The minimum absolute atomic E-state index is 0.244. The van der Waals surface area contributed by atoms with Gasteiger partial charge in [-0.2, -0.15) is 0 Å². The van der Waals surface area contributed by atoms with Crippen molar-refractivity contribution in [2.24, 2.45) is 5.92 Å². The highest BCUT2D eigenvalue weighted by atomic mass is 15.0. The summed E-state index contributed by atoms with van der Waals surface area (Å²) in [6.07, 6.45) is 6.86. The molecule has 0 amide bonds. The first-order valence-electron chi connectivity index (χ1n) is 7.85. The molecule has 2 atom stereocenters. The van der Waals surface area contributed by atoms with Crippen molar-refractivity contribution in [2.75, 3.05) is 6.54 Å². The summed E-state index contributed by atoms with van der Waals surface area (Å²) in [4.78, 5) is 0. The Labute approximate surface area is 117 Å². The minimum atomic E-state index is 0.244. The summed E-state index contributed by atoms with van der Waals surface area (Å²) in [7, 11) is 0. The Hall–Kier alpha value is -0.820. The van der Waals surface area contributed by atoms with Crippen molar-refractivity contribution >= 4 is 0 Å². The highest BCUT2D eigenvalue weighted by Gasteiger charge is 2.55. The molecule has 0 radical (unpaired) electrons. The summed E-state index contributed by atoms with van der Waals surface area (Å²) in [6, 6.07) is 9.20. The predicted octanol–water partition coefficient (Wildman–Crippen LogP) is 4.06. The molecule has 0 saturated heterocycles. The summed E-state index contributed by atoms with van der Waals surface area (Å²) in [6.45, 7) is 7.98. The maximum Gasteiger partial charge on any atom is 0.00966 e. The molecule has 3 rings (SSSR count). The van der Waals surface area contributed by atoms with E-state index in [1.54, 1.807) is 11.1 Å². The standard InChI is InChI=1S/C18H27N/c1-17(2,3)19-13-15-12-18(15)11-7-6-9-14-8-4-5-10-16(14)18/h4-5,8,10,15,19H,6-7,9,11-13H2,1-3H3. The van der Waals surface area contributed by atoms with Crippen LogP contribution in [0.4, 0.5) is 0 Å². The Morgan fingerprint density at radius 1 is 1.21 bits per heavy atom. The molecule has 1 N–H and O–H groups in total. The van der Waals surface area contributed by atoms with Gasteiger partial charge in [-0.3, -0.25) is 0 Å². The lowest BCUT2D eigenvalue weighted by Gasteiger charge is -2.23. The normalized spacial score (nSPS) is 29.9. The van der Waals surface area contributed by atoms with E-state index in [9.17, 15) is 0 Å². The molecule has 0 aromatic heterocycles. The molecule has 2 unspecified atom stereocenters. The van der Waals surface area contributed by atoms with Crippen LogP contribution in [0, 0.1) is 5.92 Å². The van der Waals surface area contributed by atoms with Crippen LogP contribution in [0.2, 0.25) is 0 Å². The molecule has 1 nitrogen and oxygen atoms in total. The Bertz CT molecular complexity index is 457. The van der Waals surface area contributed by atoms with Crippen LogP contribution in [-0.4, -0.2) is 12.1 Å². The van der Waals surface area contributed by atoms with Crippen LogP contribution < -0.4 is 5.32 Å². The molecular formula is C18H27N. The number of aryl methyl sites for hydroxylation is 1. The fourth-order valence-electron chi connectivity index (χ4n) is 3.83. The summed E-state index contributed by atoms with van der Waals surface area (Å²) >= 11 is 0. The van der Waals surface area contributed by atoms with Gasteiger partial charge in [0.1, 0.15) is 0 Å². The van der Waals surface area contributed by atoms with Gasteiger partial charge in [0.05, 0.1) is 0 Å². The molecule has 0 aliphatic heterocycles. The Kier molecular flexibility index (Phi) is 3.21. The first kappa shape index (κ1) is 13.2. The Balaban J connectivity index is 1.79. The molecule has 2 aliphatic rings. The van der Waals surface area contributed by atoms with Crippen LogP contribution in [-0.2, 0) is 11.8 Å². The van der Waals surface area contributed by atoms with Crippen molar-refractivity contribution in [3.8, 4) is 0 Å². The molecule has 1 saturated carbocycles. The van der Waals surface area contributed by atoms with Crippen LogP contribution >= 0.6 is 0 Å². The third-order valence-electron chi connectivity index (χ3n) is 4.98. The quantitative estimate of drug-likeness (QED) is 0.842. The van der Waals surface area contributed by atoms with Crippen molar-refractivity contribution in [1.82, 2.24) is 5.32 Å². The highest BCUT2D eigenvalue weighted by Crippen LogP contribution is 2.59. The van der Waals surface area contributed by atoms with E-state index < -0.39 is 0 Å². The lowest BCUT2D eigenvalue weighted by Crippen LogP contribution is -2.38. The number of nitrogens with one attached hydrogen (secondary N) is 1. The van der Waals surface area contributed by atoms with E-state index in [-0.39, 0.29) is 5.54 Å². The summed E-state index contributed by atoms with van der Waals surface area (Å²) in [5.74, 6) is 0.853. The second-order valence-electron chi connectivity index (χ2n) is 7.55. The van der Waals surface area contributed by atoms with Gasteiger partial charge in [-0.15, -0.1) is 0 Å². The van der Waals surface area contributed by atoms with E-state index in [0.29, 0.717) is 5.41 Å². The lowest BCUT2D eigenvalue weighted by molar-refractivity contribution is 0.398. The van der Waals surface area contributed by atoms with E-state index in [0.717, 1.165) is 5.92 Å². The largest absolute Gasteiger partial charge is 0.312 e. The molecule has 1 spiro atoms. The third-order valence-corrected chi connectivity index (χ3v) is 4.98. The SMILES string of the molecule is CC(C)(C)NCC1CC12CCCCc1ccccc12. The smallest absolute Gasteiger partial charge is 0.00966 e. The average Bonchev–Trinajstić information content (AvgIpc) is 3.10. The molecular weight excluding hydrogens is 230 g/mol. The van der Waals surface area contributed by atoms with Gasteiger partial charge in [-0.25, -0.2) is 0 Å². The number of benzene rings is 1. The second-order valence-corrected chi connectivity index (χ2v) is 7.55. The van der Waals surface area contributed by atoms with Gasteiger partial charge in [0, 0.05) is 5.54 Å². The molecule has 1 aromatic rings. The molecule has 19 heavy (non-hydrogen) atoms. The zero-order valence-electron chi connectivity index (χ0n) is 12.6. The maximum absolute atomic E-state index is 3.71. The van der Waals surface area contributed by atoms with Gasteiger partial charge in [0.15, 0.2) is 0 Å². The summed E-state index contributed by atoms with van der Waals surface area (Å²) < 4.78 is 0. The van der Waals surface area contributed by atoms with Gasteiger partial charge in [-0.1, -0.05) is 30.7 Å². The zero-order valence-corrected chi connectivity index (χ0v) is 12.6. The Morgan fingerprint density at radius 3 is 2.79 bits per heavy atom. The first-order valence-corrected chi connectivity index (χ1v) is 7.85. The summed E-state index contributed by atoms with van der Waals surface area (Å²) in [5, 5.41) is 3.71. The molecule has 1 fully saturated rings. The van der Waals surface area contributed by atoms with Gasteiger partial charge >= 0.3 is 0 Å². The lowest BCUT2D eigenvalue weighted by atomic mass is 9.87. The van der Waals surface area contributed by atoms with Crippen LogP contribution in [0.5, 0.6) is 0 Å². The minimum Gasteiger partial charge on any atom is -0.312 e. The van der Waals surface area contributed by atoms with Crippen LogP contribution in [0.3, 0.4) is 0 Å². The van der Waals surface area contributed by atoms with Crippen LogP contribution in [0.15, 0.2) is 24.3 Å². The van der Waals surface area contributed by atoms with E-state index in [1.807, 2.05) is 0 Å². The van der Waals surface area contributed by atoms with Gasteiger partial charge in [-0.05, 0) is 75.5 Å². The predicted molar refractivity (Wildman–Crippen MR) is 81.5 cm³/mol. The van der Waals surface area contributed by atoms with Crippen molar-refractivity contribution in [1.29, 1.82) is 0 Å². The topological polar surface area (TPSA) is 12.0 Å². The molecule has 0 heterocycles. The number of fused-ring (bicyclic) bond motifs is 2. The van der Waals surface area contributed by atoms with Crippen molar-refractivity contribution in [2.45, 2.75) is 63.8 Å². The van der Waals surface area contributed by atoms with Crippen molar-refractivity contribution < 1.29 is 0 Å². The van der Waals surface area contributed by atoms with Crippen molar-refractivity contribution in [3.05, 3.63) is 35.4 Å². The van der Waals surface area contributed by atoms with E-state index in [1.165, 1.54) is 38.6 Å². The third kappa shape index (κ3) is 2.58. The zero-order chi connectivity index (χ0) is 13.5. The summed E-state index contributed by atoms with van der Waals surface area (Å²) in [5.41, 5.74) is 4.06. The van der Waals surface area contributed by atoms with Gasteiger partial charge < -0.3 is 5.32 Å². The van der Waals surface area contributed by atoms with Gasteiger partial charge in [0.25, 0.3) is 0 Å².